The first kappa shape index (κ1) is 25.5. The molecule has 3 aromatic carbocycles. The van der Waals surface area contributed by atoms with Gasteiger partial charge in [0, 0.05) is 17.8 Å². The van der Waals surface area contributed by atoms with Crippen LogP contribution >= 0.6 is 0 Å². The van der Waals surface area contributed by atoms with Gasteiger partial charge in [0.15, 0.2) is 0 Å². The minimum absolute atomic E-state index is 0.0467. The SMILES string of the molecule is Cc1ccc(C(=O)OC(CNCC(C)CCc2ccccc2)COc2cccc3c2CC(=O)N3)cc1. The smallest absolute Gasteiger partial charge is 0.338 e. The number of carbonyl (C=O) groups excluding carboxylic acids is 2. The van der Waals surface area contributed by atoms with E-state index < -0.39 is 6.10 Å². The normalized spacial score (nSPS) is 14.0. The molecule has 4 rings (SSSR count). The zero-order chi connectivity index (χ0) is 25.3. The minimum atomic E-state index is -0.485. The molecule has 0 saturated heterocycles. The van der Waals surface area contributed by atoms with E-state index in [1.165, 1.54) is 5.56 Å². The molecule has 1 aliphatic heterocycles. The molecule has 6 heteroatoms. The number of fused-ring (bicyclic) bond motifs is 1. The second-order valence-electron chi connectivity index (χ2n) is 9.50. The van der Waals surface area contributed by atoms with Crippen molar-refractivity contribution < 1.29 is 19.1 Å². The lowest BCUT2D eigenvalue weighted by Crippen LogP contribution is -2.37. The molecule has 1 heterocycles. The Labute approximate surface area is 213 Å². The van der Waals surface area contributed by atoms with E-state index in [0.717, 1.165) is 36.2 Å². The van der Waals surface area contributed by atoms with E-state index in [9.17, 15) is 9.59 Å². The molecule has 0 bridgehead atoms. The van der Waals surface area contributed by atoms with Crippen LogP contribution in [0.25, 0.3) is 0 Å². The van der Waals surface area contributed by atoms with E-state index in [0.29, 0.717) is 23.8 Å². The first-order valence-electron chi connectivity index (χ1n) is 12.5. The van der Waals surface area contributed by atoms with Crippen molar-refractivity contribution in [1.29, 1.82) is 0 Å². The average Bonchev–Trinajstić information content (AvgIpc) is 3.27. The lowest BCUT2D eigenvalue weighted by Gasteiger charge is -2.21. The fourth-order valence-electron chi connectivity index (χ4n) is 4.23. The summed E-state index contributed by atoms with van der Waals surface area (Å²) < 4.78 is 11.9. The van der Waals surface area contributed by atoms with Crippen molar-refractivity contribution in [2.24, 2.45) is 5.92 Å². The number of ether oxygens (including phenoxy) is 2. The summed E-state index contributed by atoms with van der Waals surface area (Å²) in [5.41, 5.74) is 4.55. The van der Waals surface area contributed by atoms with E-state index in [2.05, 4.69) is 41.8 Å². The third-order valence-corrected chi connectivity index (χ3v) is 6.36. The molecule has 2 N–H and O–H groups in total. The number of hydrogen-bond donors (Lipinski definition) is 2. The summed E-state index contributed by atoms with van der Waals surface area (Å²) in [4.78, 5) is 24.6. The van der Waals surface area contributed by atoms with Crippen LogP contribution in [0.1, 0.15) is 40.4 Å². The largest absolute Gasteiger partial charge is 0.489 e. The molecule has 6 nitrogen and oxygen atoms in total. The standard InChI is InChI=1S/C30H34N2O4/c1-21-12-15-24(16-13-21)30(34)36-25(19-31-18-22(2)11-14-23-7-4-3-5-8-23)20-35-28-10-6-9-27-26(28)17-29(33)32-27/h3-10,12-13,15-16,22,25,31H,11,14,17-20H2,1-2H3,(H,32,33). The summed E-state index contributed by atoms with van der Waals surface area (Å²) in [6, 6.07) is 23.4. The maximum atomic E-state index is 12.8. The molecule has 0 saturated carbocycles. The Morgan fingerprint density at radius 1 is 1.00 bits per heavy atom. The molecular weight excluding hydrogens is 452 g/mol. The quantitative estimate of drug-likeness (QED) is 0.354. The molecule has 1 aliphatic rings. The van der Waals surface area contributed by atoms with Crippen molar-refractivity contribution in [1.82, 2.24) is 5.32 Å². The lowest BCUT2D eigenvalue weighted by atomic mass is 10.0. The Morgan fingerprint density at radius 2 is 1.78 bits per heavy atom. The molecule has 0 fully saturated rings. The van der Waals surface area contributed by atoms with Crippen molar-refractivity contribution in [3.8, 4) is 5.75 Å². The zero-order valence-corrected chi connectivity index (χ0v) is 21.0. The van der Waals surface area contributed by atoms with Crippen LogP contribution in [0.4, 0.5) is 5.69 Å². The molecule has 0 spiro atoms. The summed E-state index contributed by atoms with van der Waals surface area (Å²) >= 11 is 0. The van der Waals surface area contributed by atoms with Crippen molar-refractivity contribution in [2.75, 3.05) is 25.0 Å². The maximum absolute atomic E-state index is 12.8. The van der Waals surface area contributed by atoms with E-state index in [1.807, 2.05) is 43.3 Å². The van der Waals surface area contributed by atoms with Crippen LogP contribution in [0.2, 0.25) is 0 Å². The lowest BCUT2D eigenvalue weighted by molar-refractivity contribution is -0.115. The molecule has 36 heavy (non-hydrogen) atoms. The molecular formula is C30H34N2O4. The Bertz CT molecular complexity index is 1160. The number of anilines is 1. The summed E-state index contributed by atoms with van der Waals surface area (Å²) in [6.45, 7) is 5.67. The minimum Gasteiger partial charge on any atom is -0.489 e. The van der Waals surface area contributed by atoms with Crippen molar-refractivity contribution in [3.05, 3.63) is 95.1 Å². The number of benzene rings is 3. The van der Waals surface area contributed by atoms with Crippen LogP contribution in [0, 0.1) is 12.8 Å². The van der Waals surface area contributed by atoms with Crippen LogP contribution in [0.15, 0.2) is 72.8 Å². The highest BCUT2D eigenvalue weighted by molar-refractivity contribution is 6.00. The second-order valence-corrected chi connectivity index (χ2v) is 9.50. The molecule has 1 amide bonds. The highest BCUT2D eigenvalue weighted by Crippen LogP contribution is 2.31. The molecule has 2 unspecified atom stereocenters. The van der Waals surface area contributed by atoms with Crippen LogP contribution in [0.5, 0.6) is 5.75 Å². The number of hydrogen-bond acceptors (Lipinski definition) is 5. The van der Waals surface area contributed by atoms with Gasteiger partial charge in [-0.25, -0.2) is 4.79 Å². The van der Waals surface area contributed by atoms with Crippen LogP contribution in [-0.4, -0.2) is 37.7 Å². The van der Waals surface area contributed by atoms with Crippen molar-refractivity contribution in [3.63, 3.8) is 0 Å². The summed E-state index contributed by atoms with van der Waals surface area (Å²) in [7, 11) is 0. The highest BCUT2D eigenvalue weighted by atomic mass is 16.6. The topological polar surface area (TPSA) is 76.7 Å². The average molecular weight is 487 g/mol. The summed E-state index contributed by atoms with van der Waals surface area (Å²) in [5.74, 6) is 0.680. The summed E-state index contributed by atoms with van der Waals surface area (Å²) in [5, 5.41) is 6.30. The monoisotopic (exact) mass is 486 g/mol. The predicted octanol–water partition coefficient (Wildman–Crippen LogP) is 4.95. The van der Waals surface area contributed by atoms with E-state index in [4.69, 9.17) is 9.47 Å². The van der Waals surface area contributed by atoms with E-state index >= 15 is 0 Å². The van der Waals surface area contributed by atoms with Gasteiger partial charge in [0.05, 0.1) is 12.0 Å². The number of amides is 1. The van der Waals surface area contributed by atoms with Crippen molar-refractivity contribution in [2.45, 2.75) is 39.2 Å². The fourth-order valence-corrected chi connectivity index (χ4v) is 4.23. The third-order valence-electron chi connectivity index (χ3n) is 6.36. The van der Waals surface area contributed by atoms with Crippen LogP contribution in [-0.2, 0) is 22.4 Å². The third kappa shape index (κ3) is 7.18. The molecule has 0 radical (unpaired) electrons. The van der Waals surface area contributed by atoms with Gasteiger partial charge >= 0.3 is 5.97 Å². The number of esters is 1. The number of carbonyl (C=O) groups is 2. The maximum Gasteiger partial charge on any atom is 0.338 e. The van der Waals surface area contributed by atoms with E-state index in [-0.39, 0.29) is 24.9 Å². The first-order chi connectivity index (χ1) is 17.5. The Balaban J connectivity index is 1.34. The van der Waals surface area contributed by atoms with Crippen LogP contribution < -0.4 is 15.4 Å². The Kier molecular flexibility index (Phi) is 8.74. The van der Waals surface area contributed by atoms with Gasteiger partial charge in [0.1, 0.15) is 18.5 Å². The Morgan fingerprint density at radius 3 is 2.56 bits per heavy atom. The van der Waals surface area contributed by atoms with Gasteiger partial charge in [-0.1, -0.05) is 61.0 Å². The van der Waals surface area contributed by atoms with Gasteiger partial charge in [-0.3, -0.25) is 4.79 Å². The van der Waals surface area contributed by atoms with Crippen molar-refractivity contribution >= 4 is 17.6 Å². The van der Waals surface area contributed by atoms with Crippen LogP contribution in [0.3, 0.4) is 0 Å². The van der Waals surface area contributed by atoms with Gasteiger partial charge < -0.3 is 20.1 Å². The molecule has 188 valence electrons. The molecule has 0 aromatic heterocycles. The fraction of sp³-hybridized carbons (Fsp3) is 0.333. The summed E-state index contributed by atoms with van der Waals surface area (Å²) in [6.07, 6.45) is 1.90. The highest BCUT2D eigenvalue weighted by Gasteiger charge is 2.23. The zero-order valence-electron chi connectivity index (χ0n) is 21.0. The van der Waals surface area contributed by atoms with E-state index in [1.54, 1.807) is 12.1 Å². The van der Waals surface area contributed by atoms with Gasteiger partial charge in [0.2, 0.25) is 5.91 Å². The second kappa shape index (κ2) is 12.4. The van der Waals surface area contributed by atoms with Gasteiger partial charge in [-0.15, -0.1) is 0 Å². The van der Waals surface area contributed by atoms with Gasteiger partial charge in [0.25, 0.3) is 0 Å². The molecule has 2 atom stereocenters. The van der Waals surface area contributed by atoms with Gasteiger partial charge in [-0.2, -0.15) is 0 Å². The molecule has 0 aliphatic carbocycles. The number of nitrogens with one attached hydrogen (secondary N) is 2. The number of aryl methyl sites for hydroxylation is 2. The molecule has 3 aromatic rings. The number of rotatable bonds is 12. The van der Waals surface area contributed by atoms with Gasteiger partial charge in [-0.05, 0) is 62.1 Å². The predicted molar refractivity (Wildman–Crippen MR) is 141 cm³/mol. The Hall–Kier alpha value is -3.64. The first-order valence-corrected chi connectivity index (χ1v) is 12.5.